The van der Waals surface area contributed by atoms with Crippen LogP contribution in [-0.4, -0.2) is 4.98 Å². The summed E-state index contributed by atoms with van der Waals surface area (Å²) in [6.07, 6.45) is -4.40. The van der Waals surface area contributed by atoms with Crippen LogP contribution in [0.2, 0.25) is 10.3 Å². The van der Waals surface area contributed by atoms with Crippen LogP contribution in [-0.2, 0) is 12.8 Å². The van der Waals surface area contributed by atoms with Gasteiger partial charge in [0.1, 0.15) is 22.7 Å². The van der Waals surface area contributed by atoms with Gasteiger partial charge in [0.2, 0.25) is 0 Å². The molecular weight excluding hydrogens is 314 g/mol. The van der Waals surface area contributed by atoms with Crippen LogP contribution in [0.3, 0.4) is 0 Å². The van der Waals surface area contributed by atoms with Crippen molar-refractivity contribution in [3.8, 4) is 5.75 Å². The summed E-state index contributed by atoms with van der Waals surface area (Å²) in [5.41, 5.74) is -0.233. The van der Waals surface area contributed by atoms with Gasteiger partial charge < -0.3 is 4.74 Å². The minimum Gasteiger partial charge on any atom is -0.489 e. The van der Waals surface area contributed by atoms with E-state index in [1.165, 1.54) is 18.2 Å². The van der Waals surface area contributed by atoms with Crippen molar-refractivity contribution >= 4 is 23.2 Å². The molecule has 0 bridgehead atoms. The van der Waals surface area contributed by atoms with Crippen LogP contribution in [0.1, 0.15) is 11.1 Å². The third-order valence-electron chi connectivity index (χ3n) is 2.45. The number of rotatable bonds is 3. The molecular formula is C13H8Cl2F3NO. The maximum atomic E-state index is 12.5. The van der Waals surface area contributed by atoms with Crippen molar-refractivity contribution in [3.63, 3.8) is 0 Å². The molecule has 0 atom stereocenters. The molecule has 0 saturated heterocycles. The molecule has 0 fully saturated rings. The Morgan fingerprint density at radius 1 is 1.10 bits per heavy atom. The second-order valence-electron chi connectivity index (χ2n) is 3.90. The van der Waals surface area contributed by atoms with Crippen LogP contribution in [0.5, 0.6) is 5.75 Å². The van der Waals surface area contributed by atoms with Gasteiger partial charge in [-0.15, -0.1) is 0 Å². The fraction of sp³-hybridized carbons (Fsp3) is 0.154. The van der Waals surface area contributed by atoms with Gasteiger partial charge in [0, 0.05) is 5.56 Å². The van der Waals surface area contributed by atoms with Crippen LogP contribution in [0.25, 0.3) is 0 Å². The smallest absolute Gasteiger partial charge is 0.416 e. The zero-order chi connectivity index (χ0) is 14.8. The predicted molar refractivity (Wildman–Crippen MR) is 70.0 cm³/mol. The number of halogens is 5. The second-order valence-corrected chi connectivity index (χ2v) is 4.64. The van der Waals surface area contributed by atoms with Crippen LogP contribution >= 0.6 is 23.2 Å². The summed E-state index contributed by atoms with van der Waals surface area (Å²) in [7, 11) is 0. The fourth-order valence-electron chi connectivity index (χ4n) is 1.47. The van der Waals surface area contributed by atoms with Crippen LogP contribution < -0.4 is 4.74 Å². The quantitative estimate of drug-likeness (QED) is 0.743. The lowest BCUT2D eigenvalue weighted by Gasteiger charge is -2.10. The van der Waals surface area contributed by atoms with Gasteiger partial charge in [0.15, 0.2) is 0 Å². The largest absolute Gasteiger partial charge is 0.489 e. The first-order valence-electron chi connectivity index (χ1n) is 5.47. The first kappa shape index (κ1) is 14.9. The Hall–Kier alpha value is -1.46. The molecule has 2 rings (SSSR count). The monoisotopic (exact) mass is 321 g/mol. The number of ether oxygens (including phenoxy) is 1. The molecule has 0 aliphatic heterocycles. The third-order valence-corrected chi connectivity index (χ3v) is 2.99. The summed E-state index contributed by atoms with van der Waals surface area (Å²) >= 11 is 11.5. The molecule has 0 spiro atoms. The topological polar surface area (TPSA) is 22.1 Å². The number of alkyl halides is 3. The van der Waals surface area contributed by atoms with Crippen molar-refractivity contribution in [2.75, 3.05) is 0 Å². The van der Waals surface area contributed by atoms with Crippen molar-refractivity contribution in [1.82, 2.24) is 4.98 Å². The van der Waals surface area contributed by atoms with E-state index in [0.29, 0.717) is 5.56 Å². The Labute approximate surface area is 123 Å². The van der Waals surface area contributed by atoms with E-state index in [9.17, 15) is 13.2 Å². The maximum Gasteiger partial charge on any atom is 0.416 e. The van der Waals surface area contributed by atoms with Crippen LogP contribution in [0.4, 0.5) is 13.2 Å². The van der Waals surface area contributed by atoms with Gasteiger partial charge in [-0.3, -0.25) is 0 Å². The molecule has 0 aliphatic rings. The molecule has 1 heterocycles. The molecule has 106 valence electrons. The average molecular weight is 322 g/mol. The molecule has 0 amide bonds. The zero-order valence-corrected chi connectivity index (χ0v) is 11.4. The molecule has 2 aromatic rings. The summed E-state index contributed by atoms with van der Waals surface area (Å²) in [5, 5.41) is 0.391. The lowest BCUT2D eigenvalue weighted by molar-refractivity contribution is -0.137. The number of hydrogen-bond donors (Lipinski definition) is 0. The van der Waals surface area contributed by atoms with Crippen molar-refractivity contribution in [3.05, 3.63) is 57.8 Å². The maximum absolute atomic E-state index is 12.5. The number of benzene rings is 1. The zero-order valence-electron chi connectivity index (χ0n) is 9.92. The summed E-state index contributed by atoms with van der Waals surface area (Å²) in [5.74, 6) is 0.103. The third kappa shape index (κ3) is 3.77. The van der Waals surface area contributed by atoms with E-state index in [2.05, 4.69) is 4.98 Å². The molecule has 0 unspecified atom stereocenters. The summed E-state index contributed by atoms with van der Waals surface area (Å²) in [6, 6.07) is 7.75. The van der Waals surface area contributed by atoms with Gasteiger partial charge >= 0.3 is 6.18 Å². The van der Waals surface area contributed by atoms with Gasteiger partial charge in [0.25, 0.3) is 0 Å². The Balaban J connectivity index is 2.11. The molecule has 0 radical (unpaired) electrons. The molecule has 0 saturated carbocycles. The van der Waals surface area contributed by atoms with Gasteiger partial charge in [-0.1, -0.05) is 29.3 Å². The lowest BCUT2D eigenvalue weighted by atomic mass is 10.2. The molecule has 2 nitrogen and oxygen atoms in total. The highest BCUT2D eigenvalue weighted by atomic mass is 35.5. The van der Waals surface area contributed by atoms with Crippen LogP contribution in [0, 0.1) is 0 Å². The number of hydrogen-bond acceptors (Lipinski definition) is 2. The Bertz CT molecular complexity index is 617. The average Bonchev–Trinajstić information content (AvgIpc) is 2.37. The molecule has 7 heteroatoms. The molecule has 0 N–H and O–H groups in total. The van der Waals surface area contributed by atoms with Crippen molar-refractivity contribution in [2.24, 2.45) is 0 Å². The van der Waals surface area contributed by atoms with Crippen LogP contribution in [0.15, 0.2) is 36.4 Å². The Morgan fingerprint density at radius 2 is 1.85 bits per heavy atom. The standard InChI is InChI=1S/C13H8Cl2F3NO/c14-11-5-4-8(12(15)19-11)7-20-10-3-1-2-9(6-10)13(16,17)18/h1-6H,7H2. The number of pyridine rings is 1. The highest BCUT2D eigenvalue weighted by molar-refractivity contribution is 6.32. The minimum atomic E-state index is -4.40. The predicted octanol–water partition coefficient (Wildman–Crippen LogP) is 4.99. The van der Waals surface area contributed by atoms with Gasteiger partial charge in [-0.25, -0.2) is 4.98 Å². The van der Waals surface area contributed by atoms with Gasteiger partial charge in [-0.05, 0) is 30.3 Å². The van der Waals surface area contributed by atoms with E-state index in [1.807, 2.05) is 0 Å². The molecule has 0 aliphatic carbocycles. The van der Waals surface area contributed by atoms with E-state index >= 15 is 0 Å². The van der Waals surface area contributed by atoms with Crippen molar-refractivity contribution in [2.45, 2.75) is 12.8 Å². The van der Waals surface area contributed by atoms with E-state index in [-0.39, 0.29) is 22.7 Å². The highest BCUT2D eigenvalue weighted by Gasteiger charge is 2.30. The molecule has 1 aromatic carbocycles. The Kier molecular flexibility index (Phi) is 4.40. The Morgan fingerprint density at radius 3 is 2.50 bits per heavy atom. The fourth-order valence-corrected chi connectivity index (χ4v) is 1.87. The van der Waals surface area contributed by atoms with Gasteiger partial charge in [-0.2, -0.15) is 13.2 Å². The van der Waals surface area contributed by atoms with E-state index < -0.39 is 11.7 Å². The SMILES string of the molecule is FC(F)(F)c1cccc(OCc2ccc(Cl)nc2Cl)c1. The molecule has 1 aromatic heterocycles. The van der Waals surface area contributed by atoms with Crippen molar-refractivity contribution < 1.29 is 17.9 Å². The van der Waals surface area contributed by atoms with Crippen molar-refractivity contribution in [1.29, 1.82) is 0 Å². The summed E-state index contributed by atoms with van der Waals surface area (Å²) < 4.78 is 42.9. The lowest BCUT2D eigenvalue weighted by Crippen LogP contribution is -2.05. The first-order valence-corrected chi connectivity index (χ1v) is 6.23. The first-order chi connectivity index (χ1) is 9.36. The van der Waals surface area contributed by atoms with Gasteiger partial charge in [0.05, 0.1) is 5.56 Å². The van der Waals surface area contributed by atoms with E-state index in [0.717, 1.165) is 12.1 Å². The summed E-state index contributed by atoms with van der Waals surface area (Å²) in [4.78, 5) is 3.81. The summed E-state index contributed by atoms with van der Waals surface area (Å²) in [6.45, 7) is 0.00428. The van der Waals surface area contributed by atoms with E-state index in [4.69, 9.17) is 27.9 Å². The highest BCUT2D eigenvalue weighted by Crippen LogP contribution is 2.31. The minimum absolute atomic E-state index is 0.00428. The number of aromatic nitrogens is 1. The molecule has 20 heavy (non-hydrogen) atoms. The number of nitrogens with zero attached hydrogens (tertiary/aromatic N) is 1. The normalized spacial score (nSPS) is 11.4. The van der Waals surface area contributed by atoms with E-state index in [1.54, 1.807) is 6.07 Å². The second kappa shape index (κ2) is 5.89.